The van der Waals surface area contributed by atoms with Crippen molar-refractivity contribution >= 4 is 46.6 Å². The molecule has 1 fully saturated rings. The van der Waals surface area contributed by atoms with Gasteiger partial charge < -0.3 is 15.0 Å². The smallest absolute Gasteiger partial charge is 0.344 e. The molecule has 30 heavy (non-hydrogen) atoms. The molecule has 1 N–H and O–H groups in total. The van der Waals surface area contributed by atoms with Crippen LogP contribution >= 0.6 is 11.8 Å². The third kappa shape index (κ3) is 3.41. The molecule has 0 aliphatic carbocycles. The van der Waals surface area contributed by atoms with Gasteiger partial charge in [0.05, 0.1) is 5.69 Å². The number of fused-ring (bicyclic) bond motifs is 3. The van der Waals surface area contributed by atoms with Gasteiger partial charge in [0.1, 0.15) is 0 Å². The van der Waals surface area contributed by atoms with E-state index in [1.54, 1.807) is 12.1 Å². The van der Waals surface area contributed by atoms with Crippen LogP contribution in [0.4, 0.5) is 17.1 Å². The average molecular weight is 426 g/mol. The zero-order chi connectivity index (χ0) is 21.5. The van der Waals surface area contributed by atoms with Gasteiger partial charge in [0.25, 0.3) is 5.91 Å². The molecule has 4 rings (SSSR count). The molecule has 2 aromatic rings. The quantitative estimate of drug-likeness (QED) is 0.741. The summed E-state index contributed by atoms with van der Waals surface area (Å²) in [5.74, 6) is -1.10. The molecule has 0 unspecified atom stereocenters. The second kappa shape index (κ2) is 7.68. The summed E-state index contributed by atoms with van der Waals surface area (Å²) in [6, 6.07) is 14.8. The minimum absolute atomic E-state index is 0.109. The van der Waals surface area contributed by atoms with Crippen LogP contribution in [0.3, 0.4) is 0 Å². The van der Waals surface area contributed by atoms with E-state index < -0.39 is 22.9 Å². The molecular weight excluding hydrogens is 402 g/mol. The molecule has 2 aromatic carbocycles. The van der Waals surface area contributed by atoms with Gasteiger partial charge in [0, 0.05) is 43.2 Å². The first-order valence-electron chi connectivity index (χ1n) is 9.72. The fraction of sp³-hybridized carbons (Fsp3) is 0.318. The van der Waals surface area contributed by atoms with Crippen LogP contribution in [0.15, 0.2) is 53.4 Å². The number of rotatable bonds is 5. The molecule has 2 aliphatic rings. The molecule has 0 bridgehead atoms. The predicted molar refractivity (Wildman–Crippen MR) is 117 cm³/mol. The highest BCUT2D eigenvalue weighted by Crippen LogP contribution is 2.56. The van der Waals surface area contributed by atoms with Gasteiger partial charge in [-0.2, -0.15) is 0 Å². The Balaban J connectivity index is 1.45. The number of hydrogen-bond acceptors (Lipinski definition) is 6. The molecule has 0 spiro atoms. The highest BCUT2D eigenvalue weighted by atomic mass is 32.2. The maximum absolute atomic E-state index is 13.1. The van der Waals surface area contributed by atoms with Crippen molar-refractivity contribution in [2.75, 3.05) is 29.2 Å². The van der Waals surface area contributed by atoms with Gasteiger partial charge >= 0.3 is 5.97 Å². The number of thioether (sulfide) groups is 1. The maximum Gasteiger partial charge on any atom is 0.344 e. The topological polar surface area (TPSA) is 79.0 Å². The predicted octanol–water partition coefficient (Wildman–Crippen LogP) is 3.25. The number of carbonyl (C=O) groups is 3. The zero-order valence-electron chi connectivity index (χ0n) is 17.0. The Hall–Kier alpha value is -3.00. The molecule has 0 radical (unpaired) electrons. The van der Waals surface area contributed by atoms with Gasteiger partial charge in [-0.3, -0.25) is 14.5 Å². The number of amides is 2. The van der Waals surface area contributed by atoms with E-state index in [1.165, 1.54) is 23.6 Å². The van der Waals surface area contributed by atoms with Crippen LogP contribution in [0, 0.1) is 0 Å². The molecule has 1 saturated heterocycles. The fourth-order valence-electron chi connectivity index (χ4n) is 3.67. The van der Waals surface area contributed by atoms with Crippen LogP contribution in [0.2, 0.25) is 0 Å². The number of esters is 1. The lowest BCUT2D eigenvalue weighted by molar-refractivity contribution is -0.155. The second-order valence-corrected chi connectivity index (χ2v) is 8.88. The summed E-state index contributed by atoms with van der Waals surface area (Å²) in [5, 5.41) is 2.77. The van der Waals surface area contributed by atoms with Gasteiger partial charge in [0.15, 0.2) is 11.0 Å². The first-order valence-corrected chi connectivity index (χ1v) is 10.5. The summed E-state index contributed by atoms with van der Waals surface area (Å²) < 4.78 is 5.54. The van der Waals surface area contributed by atoms with E-state index in [9.17, 15) is 14.4 Å². The van der Waals surface area contributed by atoms with E-state index in [4.69, 9.17) is 4.74 Å². The van der Waals surface area contributed by atoms with Crippen LogP contribution in [-0.4, -0.2) is 42.9 Å². The lowest BCUT2D eigenvalue weighted by Gasteiger charge is -2.29. The van der Waals surface area contributed by atoms with Gasteiger partial charge in [-0.15, -0.1) is 0 Å². The Bertz CT molecular complexity index is 1010. The number of ether oxygens (including phenoxy) is 1. The van der Waals surface area contributed by atoms with Gasteiger partial charge in [-0.1, -0.05) is 23.9 Å². The number of hydrogen-bond donors (Lipinski definition) is 1. The molecule has 7 nitrogen and oxygen atoms in total. The average Bonchev–Trinajstić information content (AvgIpc) is 3.24. The van der Waals surface area contributed by atoms with Crippen molar-refractivity contribution in [2.45, 2.75) is 35.6 Å². The summed E-state index contributed by atoms with van der Waals surface area (Å²) in [6.07, 6.45) is -0.373. The SMILES string of the molecule is C[C@H](OC(=O)[C@]12CCC(=O)N1c1ccccc1S2)C(=O)Nc1ccc(N(C)C)cc1. The maximum atomic E-state index is 13.1. The molecule has 0 aromatic heterocycles. The Kier molecular flexibility index (Phi) is 5.19. The highest BCUT2D eigenvalue weighted by Gasteiger charge is 2.58. The highest BCUT2D eigenvalue weighted by molar-refractivity contribution is 8.02. The Morgan fingerprint density at radius 3 is 2.57 bits per heavy atom. The molecule has 2 aliphatic heterocycles. The van der Waals surface area contributed by atoms with Crippen LogP contribution < -0.4 is 15.1 Å². The standard InChI is InChI=1S/C22H23N3O4S/c1-14(20(27)23-15-8-10-16(11-9-15)24(2)3)29-21(28)22-13-12-19(26)25(22)17-6-4-5-7-18(17)30-22/h4-11,14H,12-13H2,1-3H3,(H,23,27)/t14-,22+/m0/s1. The van der Waals surface area contributed by atoms with Crippen molar-refractivity contribution < 1.29 is 19.1 Å². The normalized spacial score (nSPS) is 20.4. The van der Waals surface area contributed by atoms with E-state index >= 15 is 0 Å². The van der Waals surface area contributed by atoms with E-state index in [1.807, 2.05) is 55.4 Å². The third-order valence-electron chi connectivity index (χ3n) is 5.30. The first-order chi connectivity index (χ1) is 14.3. The van der Waals surface area contributed by atoms with Crippen molar-refractivity contribution in [1.29, 1.82) is 0 Å². The number of para-hydroxylation sites is 1. The molecule has 2 atom stereocenters. The number of benzene rings is 2. The summed E-state index contributed by atoms with van der Waals surface area (Å²) in [5.41, 5.74) is 2.35. The summed E-state index contributed by atoms with van der Waals surface area (Å²) in [4.78, 5) is 41.4. The molecular formula is C22H23N3O4S. The number of nitrogens with one attached hydrogen (secondary N) is 1. The van der Waals surface area contributed by atoms with Crippen LogP contribution in [0.1, 0.15) is 19.8 Å². The van der Waals surface area contributed by atoms with E-state index in [0.29, 0.717) is 12.1 Å². The molecule has 2 heterocycles. The van der Waals surface area contributed by atoms with Crippen LogP contribution in [0.5, 0.6) is 0 Å². The Morgan fingerprint density at radius 1 is 1.17 bits per heavy atom. The second-order valence-electron chi connectivity index (χ2n) is 7.56. The van der Waals surface area contributed by atoms with Crippen LogP contribution in [0.25, 0.3) is 0 Å². The first kappa shape index (κ1) is 20.3. The van der Waals surface area contributed by atoms with Gasteiger partial charge in [0.2, 0.25) is 5.91 Å². The molecule has 2 amide bonds. The minimum atomic E-state index is -1.14. The number of carbonyl (C=O) groups excluding carboxylic acids is 3. The van der Waals surface area contributed by atoms with E-state index in [-0.39, 0.29) is 12.3 Å². The lowest BCUT2D eigenvalue weighted by atomic mass is 10.2. The Labute approximate surface area is 179 Å². The molecule has 156 valence electrons. The number of nitrogens with zero attached hydrogens (tertiary/aromatic N) is 2. The summed E-state index contributed by atoms with van der Waals surface area (Å²) in [6.45, 7) is 1.53. The van der Waals surface area contributed by atoms with Crippen LogP contribution in [-0.2, 0) is 19.1 Å². The third-order valence-corrected chi connectivity index (χ3v) is 6.75. The minimum Gasteiger partial charge on any atom is -0.450 e. The Morgan fingerprint density at radius 2 is 1.87 bits per heavy atom. The van der Waals surface area contributed by atoms with E-state index in [2.05, 4.69) is 5.32 Å². The van der Waals surface area contributed by atoms with Crippen molar-refractivity contribution in [3.05, 3.63) is 48.5 Å². The van der Waals surface area contributed by atoms with Gasteiger partial charge in [-0.05, 0) is 43.3 Å². The zero-order valence-corrected chi connectivity index (χ0v) is 17.9. The van der Waals surface area contributed by atoms with E-state index in [0.717, 1.165) is 16.3 Å². The largest absolute Gasteiger partial charge is 0.450 e. The molecule has 8 heteroatoms. The monoisotopic (exact) mass is 425 g/mol. The van der Waals surface area contributed by atoms with Crippen molar-refractivity contribution in [3.63, 3.8) is 0 Å². The van der Waals surface area contributed by atoms with Gasteiger partial charge in [-0.25, -0.2) is 4.79 Å². The fourth-order valence-corrected chi connectivity index (χ4v) is 5.07. The van der Waals surface area contributed by atoms with Crippen molar-refractivity contribution in [2.24, 2.45) is 0 Å². The summed E-state index contributed by atoms with van der Waals surface area (Å²) >= 11 is 1.32. The number of anilines is 3. The van der Waals surface area contributed by atoms with Crippen molar-refractivity contribution in [1.82, 2.24) is 0 Å². The van der Waals surface area contributed by atoms with Crippen molar-refractivity contribution in [3.8, 4) is 0 Å². The lowest BCUT2D eigenvalue weighted by Crippen LogP contribution is -2.49. The summed E-state index contributed by atoms with van der Waals surface area (Å²) in [7, 11) is 3.87. The molecule has 0 saturated carbocycles.